The van der Waals surface area contributed by atoms with E-state index in [4.69, 9.17) is 4.74 Å². The third kappa shape index (κ3) is 2.19. The van der Waals surface area contributed by atoms with Gasteiger partial charge in [0.2, 0.25) is 0 Å². The van der Waals surface area contributed by atoms with Gasteiger partial charge in [0, 0.05) is 18.9 Å². The molecule has 19 heavy (non-hydrogen) atoms. The van der Waals surface area contributed by atoms with Crippen LogP contribution in [0.4, 0.5) is 5.82 Å². The molecule has 3 rings (SSSR count). The van der Waals surface area contributed by atoms with E-state index in [1.54, 1.807) is 29.4 Å². The first kappa shape index (κ1) is 11.8. The number of hydrogen-bond donors (Lipinski definition) is 1. The van der Waals surface area contributed by atoms with Crippen LogP contribution in [-0.4, -0.2) is 51.8 Å². The molecule has 3 heterocycles. The Morgan fingerprint density at radius 2 is 2.21 bits per heavy atom. The van der Waals surface area contributed by atoms with Crippen LogP contribution in [0.25, 0.3) is 11.2 Å². The van der Waals surface area contributed by atoms with Crippen molar-refractivity contribution in [2.75, 3.05) is 24.7 Å². The smallest absolute Gasteiger partial charge is 0.328 e. The monoisotopic (exact) mass is 260 g/mol. The second-order valence-corrected chi connectivity index (χ2v) is 4.19. The summed E-state index contributed by atoms with van der Waals surface area (Å²) in [5, 5.41) is 9.21. The van der Waals surface area contributed by atoms with Gasteiger partial charge in [0.25, 0.3) is 0 Å². The maximum absolute atomic E-state index is 11.2. The predicted octanol–water partition coefficient (Wildman–Crippen LogP) is 0.315. The third-order valence-corrected chi connectivity index (χ3v) is 3.02. The van der Waals surface area contributed by atoms with Gasteiger partial charge in [-0.05, 0) is 12.1 Å². The van der Waals surface area contributed by atoms with Crippen molar-refractivity contribution in [2.45, 2.75) is 6.04 Å². The fourth-order valence-corrected chi connectivity index (χ4v) is 2.09. The molecule has 2 aromatic rings. The largest absolute Gasteiger partial charge is 0.480 e. The maximum Gasteiger partial charge on any atom is 0.328 e. The molecule has 1 unspecified atom stereocenters. The van der Waals surface area contributed by atoms with Gasteiger partial charge < -0.3 is 14.7 Å². The molecule has 2 aromatic heterocycles. The van der Waals surface area contributed by atoms with E-state index < -0.39 is 12.0 Å². The summed E-state index contributed by atoms with van der Waals surface area (Å²) in [4.78, 5) is 25.6. The number of nitrogens with zero attached hydrogens (tertiary/aromatic N) is 4. The summed E-state index contributed by atoms with van der Waals surface area (Å²) >= 11 is 0. The molecular formula is C12H12N4O3. The van der Waals surface area contributed by atoms with Crippen molar-refractivity contribution in [2.24, 2.45) is 0 Å². The number of morpholine rings is 1. The molecule has 1 fully saturated rings. The number of carboxylic acid groups (broad SMARTS) is 1. The molecule has 0 aromatic carbocycles. The lowest BCUT2D eigenvalue weighted by molar-refractivity contribution is -0.141. The van der Waals surface area contributed by atoms with Gasteiger partial charge in [0.05, 0.1) is 13.2 Å². The molecule has 0 aliphatic carbocycles. The number of aromatic nitrogens is 3. The zero-order valence-corrected chi connectivity index (χ0v) is 10.1. The summed E-state index contributed by atoms with van der Waals surface area (Å²) in [5.41, 5.74) is 1.20. The van der Waals surface area contributed by atoms with E-state index in [2.05, 4.69) is 15.0 Å². The van der Waals surface area contributed by atoms with Crippen LogP contribution in [-0.2, 0) is 9.53 Å². The van der Waals surface area contributed by atoms with Crippen molar-refractivity contribution in [3.63, 3.8) is 0 Å². The molecule has 0 radical (unpaired) electrons. The highest BCUT2D eigenvalue weighted by molar-refractivity contribution is 5.79. The van der Waals surface area contributed by atoms with Crippen molar-refractivity contribution in [1.29, 1.82) is 0 Å². The number of anilines is 1. The second-order valence-electron chi connectivity index (χ2n) is 4.19. The van der Waals surface area contributed by atoms with Crippen molar-refractivity contribution in [1.82, 2.24) is 15.0 Å². The molecule has 1 aliphatic rings. The van der Waals surface area contributed by atoms with Gasteiger partial charge in [-0.3, -0.25) is 4.98 Å². The lowest BCUT2D eigenvalue weighted by Crippen LogP contribution is -2.50. The highest BCUT2D eigenvalue weighted by atomic mass is 16.5. The van der Waals surface area contributed by atoms with E-state index in [1.165, 1.54) is 0 Å². The van der Waals surface area contributed by atoms with E-state index in [1.807, 2.05) is 0 Å². The van der Waals surface area contributed by atoms with Crippen molar-refractivity contribution >= 4 is 23.0 Å². The minimum Gasteiger partial charge on any atom is -0.480 e. The lowest BCUT2D eigenvalue weighted by Gasteiger charge is -2.33. The quantitative estimate of drug-likeness (QED) is 0.831. The minimum absolute atomic E-state index is 0.162. The van der Waals surface area contributed by atoms with Gasteiger partial charge in [-0.1, -0.05) is 0 Å². The normalized spacial score (nSPS) is 19.6. The van der Waals surface area contributed by atoms with E-state index >= 15 is 0 Å². The van der Waals surface area contributed by atoms with Crippen LogP contribution in [0.2, 0.25) is 0 Å². The van der Waals surface area contributed by atoms with Crippen LogP contribution in [0.1, 0.15) is 0 Å². The second kappa shape index (κ2) is 4.77. The van der Waals surface area contributed by atoms with Crippen LogP contribution in [0, 0.1) is 0 Å². The summed E-state index contributed by atoms with van der Waals surface area (Å²) in [6, 6.07) is 2.84. The van der Waals surface area contributed by atoms with Crippen LogP contribution >= 0.6 is 0 Å². The van der Waals surface area contributed by atoms with E-state index in [0.717, 1.165) is 0 Å². The average molecular weight is 260 g/mol. The van der Waals surface area contributed by atoms with Gasteiger partial charge >= 0.3 is 5.97 Å². The Morgan fingerprint density at radius 1 is 1.37 bits per heavy atom. The zero-order chi connectivity index (χ0) is 13.2. The van der Waals surface area contributed by atoms with E-state index in [0.29, 0.717) is 30.1 Å². The predicted molar refractivity (Wildman–Crippen MR) is 66.9 cm³/mol. The van der Waals surface area contributed by atoms with E-state index in [9.17, 15) is 9.90 Å². The number of hydrogen-bond acceptors (Lipinski definition) is 6. The Kier molecular flexibility index (Phi) is 2.96. The fraction of sp³-hybridized carbons (Fsp3) is 0.333. The molecule has 98 valence electrons. The number of pyridine rings is 1. The Labute approximate surface area is 108 Å². The molecule has 1 N–H and O–H groups in total. The van der Waals surface area contributed by atoms with Gasteiger partial charge in [-0.15, -0.1) is 0 Å². The zero-order valence-electron chi connectivity index (χ0n) is 10.1. The van der Waals surface area contributed by atoms with Crippen LogP contribution in [0.3, 0.4) is 0 Å². The SMILES string of the molecule is O=C(O)C1COCCN1c1ccc2nccnc2n1. The Morgan fingerprint density at radius 3 is 3.05 bits per heavy atom. The summed E-state index contributed by atoms with van der Waals surface area (Å²) in [6.45, 7) is 1.15. The molecule has 7 nitrogen and oxygen atoms in total. The van der Waals surface area contributed by atoms with Crippen molar-refractivity contribution < 1.29 is 14.6 Å². The molecule has 1 atom stereocenters. The first-order valence-electron chi connectivity index (χ1n) is 5.90. The first-order valence-corrected chi connectivity index (χ1v) is 5.90. The highest BCUT2D eigenvalue weighted by Crippen LogP contribution is 2.19. The lowest BCUT2D eigenvalue weighted by atomic mass is 10.2. The van der Waals surface area contributed by atoms with Crippen molar-refractivity contribution in [3.05, 3.63) is 24.5 Å². The summed E-state index contributed by atoms with van der Waals surface area (Å²) in [5.74, 6) is -0.329. The van der Waals surface area contributed by atoms with Crippen molar-refractivity contribution in [3.8, 4) is 0 Å². The van der Waals surface area contributed by atoms with Crippen LogP contribution < -0.4 is 4.90 Å². The maximum atomic E-state index is 11.2. The molecule has 0 amide bonds. The van der Waals surface area contributed by atoms with E-state index in [-0.39, 0.29) is 6.61 Å². The molecular weight excluding hydrogens is 248 g/mol. The standard InChI is InChI=1S/C12H12N4O3/c17-12(18)9-7-19-6-5-16(9)10-2-1-8-11(15-10)14-4-3-13-8/h1-4,9H,5-7H2,(H,17,18). The molecule has 0 bridgehead atoms. The Hall–Kier alpha value is -2.28. The number of ether oxygens (including phenoxy) is 1. The van der Waals surface area contributed by atoms with Crippen LogP contribution in [0.5, 0.6) is 0 Å². The summed E-state index contributed by atoms with van der Waals surface area (Å²) in [7, 11) is 0. The highest BCUT2D eigenvalue weighted by Gasteiger charge is 2.30. The summed E-state index contributed by atoms with van der Waals surface area (Å²) in [6.07, 6.45) is 3.16. The molecule has 0 saturated carbocycles. The number of fused-ring (bicyclic) bond motifs is 1. The average Bonchev–Trinajstić information content (AvgIpc) is 2.46. The molecule has 7 heteroatoms. The van der Waals surface area contributed by atoms with Gasteiger partial charge in [0.1, 0.15) is 11.3 Å². The van der Waals surface area contributed by atoms with Crippen LogP contribution in [0.15, 0.2) is 24.5 Å². The molecule has 1 saturated heterocycles. The van der Waals surface area contributed by atoms with Gasteiger partial charge in [-0.25, -0.2) is 14.8 Å². The molecule has 1 aliphatic heterocycles. The number of rotatable bonds is 2. The van der Waals surface area contributed by atoms with Gasteiger partial charge in [0.15, 0.2) is 11.7 Å². The molecule has 0 spiro atoms. The Bertz CT molecular complexity index is 619. The first-order chi connectivity index (χ1) is 9.25. The van der Waals surface area contributed by atoms with Gasteiger partial charge in [-0.2, -0.15) is 0 Å². The number of aliphatic carboxylic acids is 1. The topological polar surface area (TPSA) is 88.4 Å². The number of carboxylic acids is 1. The number of carbonyl (C=O) groups is 1. The third-order valence-electron chi connectivity index (χ3n) is 3.02. The fourth-order valence-electron chi connectivity index (χ4n) is 2.09. The minimum atomic E-state index is -0.916. The summed E-state index contributed by atoms with van der Waals surface area (Å²) < 4.78 is 5.20. The Balaban J connectivity index is 1.99.